The number of carbonyl (C=O) groups is 1. The number of carboxylic acids is 1. The zero-order valence-electron chi connectivity index (χ0n) is 20.7. The summed E-state index contributed by atoms with van der Waals surface area (Å²) in [7, 11) is 0.450. The summed E-state index contributed by atoms with van der Waals surface area (Å²) in [6, 6.07) is 35.2. The quantitative estimate of drug-likeness (QED) is 0.174. The van der Waals surface area contributed by atoms with Crippen LogP contribution in [0, 0.1) is 0 Å². The number of aliphatic carboxylic acids is 1. The van der Waals surface area contributed by atoms with Gasteiger partial charge in [-0.25, -0.2) is 9.54 Å². The molecule has 0 aromatic heterocycles. The molecule has 4 aromatic rings. The molecule has 37 heavy (non-hydrogen) atoms. The summed E-state index contributed by atoms with van der Waals surface area (Å²) < 4.78 is 16.0. The molecule has 4 rings (SSSR count). The van der Waals surface area contributed by atoms with Crippen molar-refractivity contribution in [3.8, 4) is 11.5 Å². The van der Waals surface area contributed by atoms with Crippen molar-refractivity contribution in [2.45, 2.75) is 0 Å². The van der Waals surface area contributed by atoms with Crippen LogP contribution in [-0.4, -0.2) is 25.3 Å². The Balaban J connectivity index is 1.98. The highest BCUT2D eigenvalue weighted by Gasteiger charge is 2.28. The van der Waals surface area contributed by atoms with Gasteiger partial charge in [0, 0.05) is 15.9 Å². The van der Waals surface area contributed by atoms with Crippen LogP contribution in [0.1, 0.15) is 5.56 Å². The Morgan fingerprint density at radius 2 is 1.14 bits per heavy atom. The van der Waals surface area contributed by atoms with E-state index in [4.69, 9.17) is 14.2 Å². The molecular formula is C31H28NO4P. The van der Waals surface area contributed by atoms with Crippen molar-refractivity contribution in [3.63, 3.8) is 0 Å². The summed E-state index contributed by atoms with van der Waals surface area (Å²) in [5.74, 6) is 0.138. The molecule has 0 heterocycles. The van der Waals surface area contributed by atoms with Crippen molar-refractivity contribution in [1.82, 2.24) is 0 Å². The molecule has 0 spiro atoms. The Morgan fingerprint density at radius 3 is 1.51 bits per heavy atom. The van der Waals surface area contributed by atoms with E-state index in [1.807, 2.05) is 109 Å². The van der Waals surface area contributed by atoms with Crippen molar-refractivity contribution in [2.75, 3.05) is 14.2 Å². The summed E-state index contributed by atoms with van der Waals surface area (Å²) in [4.78, 5) is 12.5. The number of nitrogens with zero attached hydrogens (tertiary/aromatic N) is 1. The maximum absolute atomic E-state index is 12.5. The Kier molecular flexibility index (Phi) is 8.40. The molecule has 0 bridgehead atoms. The predicted molar refractivity (Wildman–Crippen MR) is 152 cm³/mol. The summed E-state index contributed by atoms with van der Waals surface area (Å²) in [5.41, 5.74) is 0.665. The van der Waals surface area contributed by atoms with Gasteiger partial charge in [-0.1, -0.05) is 103 Å². The minimum atomic E-state index is -2.71. The molecule has 0 amide bonds. The molecular weight excluding hydrogens is 481 g/mol. The molecule has 4 aromatic carbocycles. The van der Waals surface area contributed by atoms with E-state index in [9.17, 15) is 9.90 Å². The summed E-state index contributed by atoms with van der Waals surface area (Å²) >= 11 is 0. The number of carboxylic acid groups (broad SMARTS) is 1. The van der Waals surface area contributed by atoms with Crippen LogP contribution in [0.4, 0.5) is 0 Å². The maximum Gasteiger partial charge on any atom is 0.354 e. The molecule has 0 atom stereocenters. The number of rotatable bonds is 9. The molecule has 186 valence electrons. The van der Waals surface area contributed by atoms with Crippen LogP contribution >= 0.6 is 7.05 Å². The zero-order chi connectivity index (χ0) is 26.1. The van der Waals surface area contributed by atoms with Crippen molar-refractivity contribution in [3.05, 3.63) is 133 Å². The van der Waals surface area contributed by atoms with Crippen LogP contribution in [-0.2, 0) is 4.79 Å². The third-order valence-corrected chi connectivity index (χ3v) is 9.50. The second-order valence-electron chi connectivity index (χ2n) is 8.03. The number of ether oxygens (including phenoxy) is 2. The Morgan fingerprint density at radius 1 is 0.703 bits per heavy atom. The van der Waals surface area contributed by atoms with E-state index in [1.54, 1.807) is 26.4 Å². The van der Waals surface area contributed by atoms with Gasteiger partial charge in [0.15, 0.2) is 0 Å². The summed E-state index contributed by atoms with van der Waals surface area (Å²) in [6.45, 7) is 0. The van der Waals surface area contributed by atoms with Gasteiger partial charge in [-0.2, -0.15) is 0 Å². The van der Waals surface area contributed by atoms with E-state index < -0.39 is 13.0 Å². The van der Waals surface area contributed by atoms with E-state index in [-0.39, 0.29) is 5.70 Å². The van der Waals surface area contributed by atoms with Gasteiger partial charge < -0.3 is 14.6 Å². The highest BCUT2D eigenvalue weighted by molar-refractivity contribution is 7.87. The molecule has 0 fully saturated rings. The number of hydrogen-bond donors (Lipinski definition) is 1. The van der Waals surface area contributed by atoms with Crippen molar-refractivity contribution in [2.24, 2.45) is 4.74 Å². The fourth-order valence-corrected chi connectivity index (χ4v) is 7.67. The molecule has 6 heteroatoms. The normalized spacial score (nSPS) is 11.8. The fraction of sp³-hybridized carbons (Fsp3) is 0.0645. The van der Waals surface area contributed by atoms with Gasteiger partial charge in [0.2, 0.25) is 0 Å². The van der Waals surface area contributed by atoms with Gasteiger partial charge in [-0.15, -0.1) is 0 Å². The summed E-state index contributed by atoms with van der Waals surface area (Å²) in [6.07, 6.45) is 4.96. The molecule has 1 N–H and O–H groups in total. The first-order chi connectivity index (χ1) is 18.1. The number of hydrogen-bond acceptors (Lipinski definition) is 4. The molecule has 0 saturated heterocycles. The van der Waals surface area contributed by atoms with Crippen molar-refractivity contribution < 1.29 is 19.4 Å². The Labute approximate surface area is 217 Å². The monoisotopic (exact) mass is 509 g/mol. The lowest BCUT2D eigenvalue weighted by molar-refractivity contribution is -0.132. The maximum atomic E-state index is 12.5. The molecule has 0 radical (unpaired) electrons. The topological polar surface area (TPSA) is 68.1 Å². The van der Waals surface area contributed by atoms with E-state index in [0.717, 1.165) is 15.9 Å². The Hall–Kier alpha value is -4.34. The van der Waals surface area contributed by atoms with Crippen LogP contribution in [0.2, 0.25) is 0 Å². The molecule has 0 saturated carbocycles. The number of allylic oxidation sites excluding steroid dienone is 2. The number of methoxy groups -OCH3 is 2. The fourth-order valence-electron chi connectivity index (χ4n) is 4.14. The second kappa shape index (κ2) is 12.1. The first-order valence-corrected chi connectivity index (χ1v) is 13.5. The molecule has 0 aliphatic carbocycles. The number of benzene rings is 4. The third kappa shape index (κ3) is 5.58. The smallest absolute Gasteiger partial charge is 0.354 e. The predicted octanol–water partition coefficient (Wildman–Crippen LogP) is 5.86. The van der Waals surface area contributed by atoms with Crippen LogP contribution in [0.25, 0.3) is 6.08 Å². The van der Waals surface area contributed by atoms with Gasteiger partial charge in [0.1, 0.15) is 17.2 Å². The highest BCUT2D eigenvalue weighted by atomic mass is 31.2. The molecule has 0 aliphatic heterocycles. The third-order valence-electron chi connectivity index (χ3n) is 5.85. The molecule has 0 aliphatic rings. The average molecular weight is 510 g/mol. The lowest BCUT2D eigenvalue weighted by atomic mass is 10.1. The minimum Gasteiger partial charge on any atom is -0.496 e. The van der Waals surface area contributed by atoms with E-state index in [1.165, 1.54) is 6.08 Å². The standard InChI is InChI=1S/C31H28NO4P/c1-35-29-22-13-23-30(36-2)27(29)20-12-21-28(31(33)34)32-37(24-14-6-3-7-15-24,25-16-8-4-9-17-25)26-18-10-5-11-19-26/h3-23H,1-2H3,(H,33,34). The lowest BCUT2D eigenvalue weighted by Gasteiger charge is -2.27. The lowest BCUT2D eigenvalue weighted by Crippen LogP contribution is -2.25. The largest absolute Gasteiger partial charge is 0.496 e. The van der Waals surface area contributed by atoms with Crippen molar-refractivity contribution in [1.29, 1.82) is 0 Å². The average Bonchev–Trinajstić information content (AvgIpc) is 2.96. The summed E-state index contributed by atoms with van der Waals surface area (Å²) in [5, 5.41) is 13.2. The van der Waals surface area contributed by atoms with Gasteiger partial charge in [0.05, 0.1) is 26.8 Å². The SMILES string of the molecule is COc1cccc(OC)c1C=CC=C(N=P(c1ccccc1)(c1ccccc1)c1ccccc1)C(=O)O. The van der Waals surface area contributed by atoms with Gasteiger partial charge in [0.25, 0.3) is 0 Å². The van der Waals surface area contributed by atoms with E-state index >= 15 is 0 Å². The molecule has 0 unspecified atom stereocenters. The van der Waals surface area contributed by atoms with Crippen LogP contribution in [0.5, 0.6) is 11.5 Å². The van der Waals surface area contributed by atoms with Gasteiger partial charge in [-0.3, -0.25) is 0 Å². The van der Waals surface area contributed by atoms with Crippen LogP contribution in [0.3, 0.4) is 0 Å². The Bertz CT molecular complexity index is 1340. The highest BCUT2D eigenvalue weighted by Crippen LogP contribution is 2.47. The van der Waals surface area contributed by atoms with Gasteiger partial charge in [-0.05, 0) is 24.3 Å². The van der Waals surface area contributed by atoms with Crippen molar-refractivity contribution >= 4 is 35.0 Å². The van der Waals surface area contributed by atoms with E-state index in [2.05, 4.69) is 0 Å². The van der Waals surface area contributed by atoms with Gasteiger partial charge >= 0.3 is 5.97 Å². The second-order valence-corrected chi connectivity index (χ2v) is 11.1. The molecule has 5 nitrogen and oxygen atoms in total. The first-order valence-electron chi connectivity index (χ1n) is 11.7. The van der Waals surface area contributed by atoms with E-state index in [0.29, 0.717) is 17.1 Å². The first kappa shape index (κ1) is 25.7. The minimum absolute atomic E-state index is 0.0463. The zero-order valence-corrected chi connectivity index (χ0v) is 21.6. The van der Waals surface area contributed by atoms with Crippen LogP contribution < -0.4 is 25.4 Å². The van der Waals surface area contributed by atoms with Crippen LogP contribution in [0.15, 0.2) is 132 Å².